The predicted molar refractivity (Wildman–Crippen MR) is 101 cm³/mol. The molecule has 0 atom stereocenters. The molecule has 0 aliphatic carbocycles. The van der Waals surface area contributed by atoms with E-state index in [9.17, 15) is 0 Å². The molecule has 0 fully saturated rings. The van der Waals surface area contributed by atoms with Crippen molar-refractivity contribution >= 4 is 29.1 Å². The van der Waals surface area contributed by atoms with Gasteiger partial charge >= 0.3 is 0 Å². The summed E-state index contributed by atoms with van der Waals surface area (Å²) in [6.07, 6.45) is 5.03. The van der Waals surface area contributed by atoms with Gasteiger partial charge in [0.2, 0.25) is 0 Å². The number of hydrogen-bond acceptors (Lipinski definition) is 5. The van der Waals surface area contributed by atoms with Gasteiger partial charge in [0.15, 0.2) is 5.65 Å². The van der Waals surface area contributed by atoms with Crippen LogP contribution in [0.15, 0.2) is 83.4 Å². The smallest absolute Gasteiger partial charge is 0.185 e. The quantitative estimate of drug-likeness (QED) is 0.312. The van der Waals surface area contributed by atoms with E-state index in [1.54, 1.807) is 35.3 Å². The van der Waals surface area contributed by atoms with Crippen molar-refractivity contribution in [3.05, 3.63) is 84.4 Å². The molecule has 2 aromatic carbocycles. The van der Waals surface area contributed by atoms with Gasteiger partial charge in [0.1, 0.15) is 23.2 Å². The first-order valence-corrected chi connectivity index (χ1v) is 8.83. The van der Waals surface area contributed by atoms with E-state index in [4.69, 9.17) is 0 Å². The zero-order chi connectivity index (χ0) is 16.9. The van der Waals surface area contributed by atoms with Crippen molar-refractivity contribution in [1.29, 1.82) is 0 Å². The molecular formula is C19H15N5S. The van der Waals surface area contributed by atoms with E-state index in [1.807, 2.05) is 48.5 Å². The number of benzene rings is 2. The molecule has 2 heterocycles. The fraction of sp³-hybridized carbons (Fsp3) is 0.0526. The SMILES string of the molecule is C(=Nn1cnc2c(SCc3ccccc3)ncnc21)c1ccccc1. The maximum Gasteiger partial charge on any atom is 0.185 e. The Balaban J connectivity index is 1.58. The summed E-state index contributed by atoms with van der Waals surface area (Å²) >= 11 is 1.65. The summed E-state index contributed by atoms with van der Waals surface area (Å²) in [5, 5.41) is 5.32. The van der Waals surface area contributed by atoms with E-state index in [2.05, 4.69) is 32.2 Å². The van der Waals surface area contributed by atoms with Gasteiger partial charge < -0.3 is 0 Å². The molecule has 0 amide bonds. The number of nitrogens with zero attached hydrogens (tertiary/aromatic N) is 5. The van der Waals surface area contributed by atoms with Gasteiger partial charge in [-0.2, -0.15) is 5.10 Å². The van der Waals surface area contributed by atoms with Gasteiger partial charge in [-0.1, -0.05) is 72.4 Å². The molecule has 0 aliphatic rings. The molecule has 6 heteroatoms. The highest BCUT2D eigenvalue weighted by Crippen LogP contribution is 2.26. The van der Waals surface area contributed by atoms with Gasteiger partial charge in [0, 0.05) is 5.75 Å². The average Bonchev–Trinajstić information content (AvgIpc) is 3.10. The van der Waals surface area contributed by atoms with Gasteiger partial charge in [-0.15, -0.1) is 0 Å². The van der Waals surface area contributed by atoms with Crippen LogP contribution in [0.3, 0.4) is 0 Å². The Morgan fingerprint density at radius 2 is 1.68 bits per heavy atom. The van der Waals surface area contributed by atoms with Crippen LogP contribution in [0.2, 0.25) is 0 Å². The van der Waals surface area contributed by atoms with Crippen LogP contribution in [0.25, 0.3) is 11.2 Å². The first-order chi connectivity index (χ1) is 12.4. The van der Waals surface area contributed by atoms with Crippen molar-refractivity contribution in [1.82, 2.24) is 19.6 Å². The number of fused-ring (bicyclic) bond motifs is 1. The topological polar surface area (TPSA) is 56.0 Å². The Morgan fingerprint density at radius 1 is 0.920 bits per heavy atom. The molecule has 0 N–H and O–H groups in total. The molecule has 0 saturated carbocycles. The van der Waals surface area contributed by atoms with E-state index in [0.29, 0.717) is 5.65 Å². The van der Waals surface area contributed by atoms with Crippen LogP contribution in [-0.2, 0) is 5.75 Å². The van der Waals surface area contributed by atoms with E-state index in [1.165, 1.54) is 5.56 Å². The number of rotatable bonds is 5. The van der Waals surface area contributed by atoms with Crippen LogP contribution in [-0.4, -0.2) is 25.8 Å². The minimum absolute atomic E-state index is 0.706. The van der Waals surface area contributed by atoms with Crippen molar-refractivity contribution in [3.63, 3.8) is 0 Å². The molecule has 4 rings (SSSR count). The van der Waals surface area contributed by atoms with Gasteiger partial charge in [-0.05, 0) is 11.1 Å². The van der Waals surface area contributed by atoms with Crippen molar-refractivity contribution in [2.24, 2.45) is 5.10 Å². The number of thioether (sulfide) groups is 1. The Kier molecular flexibility index (Phi) is 4.52. The Hall–Kier alpha value is -2.99. The maximum absolute atomic E-state index is 4.45. The summed E-state index contributed by atoms with van der Waals surface area (Å²) in [5.41, 5.74) is 3.75. The first-order valence-electron chi connectivity index (χ1n) is 7.84. The van der Waals surface area contributed by atoms with E-state index in [-0.39, 0.29) is 0 Å². The lowest BCUT2D eigenvalue weighted by atomic mass is 10.2. The van der Waals surface area contributed by atoms with Crippen LogP contribution >= 0.6 is 11.8 Å². The average molecular weight is 345 g/mol. The van der Waals surface area contributed by atoms with Gasteiger partial charge in [-0.3, -0.25) is 0 Å². The van der Waals surface area contributed by atoms with Crippen molar-refractivity contribution in [2.75, 3.05) is 0 Å². The second kappa shape index (κ2) is 7.27. The summed E-state index contributed by atoms with van der Waals surface area (Å²) in [4.78, 5) is 13.2. The zero-order valence-corrected chi connectivity index (χ0v) is 14.2. The molecule has 0 saturated heterocycles. The van der Waals surface area contributed by atoms with E-state index in [0.717, 1.165) is 21.9 Å². The summed E-state index contributed by atoms with van der Waals surface area (Å²) in [6.45, 7) is 0. The minimum atomic E-state index is 0.706. The van der Waals surface area contributed by atoms with Crippen LogP contribution < -0.4 is 0 Å². The molecule has 0 spiro atoms. The molecule has 122 valence electrons. The highest BCUT2D eigenvalue weighted by atomic mass is 32.2. The minimum Gasteiger partial charge on any atom is -0.230 e. The normalized spacial score (nSPS) is 11.4. The Labute approximate surface area is 149 Å². The highest BCUT2D eigenvalue weighted by molar-refractivity contribution is 7.98. The first kappa shape index (κ1) is 15.5. The Morgan fingerprint density at radius 3 is 2.48 bits per heavy atom. The standard InChI is InChI=1S/C19H15N5S/c1-3-7-15(8-4-1)11-23-24-14-22-17-18(24)20-13-21-19(17)25-12-16-9-5-2-6-10-16/h1-11,13-14H,12H2. The van der Waals surface area contributed by atoms with Crippen LogP contribution in [0.1, 0.15) is 11.1 Å². The zero-order valence-electron chi connectivity index (χ0n) is 13.4. The number of hydrogen-bond donors (Lipinski definition) is 0. The van der Waals surface area contributed by atoms with E-state index >= 15 is 0 Å². The molecule has 0 bridgehead atoms. The van der Waals surface area contributed by atoms with Crippen molar-refractivity contribution in [2.45, 2.75) is 10.8 Å². The summed E-state index contributed by atoms with van der Waals surface area (Å²) < 4.78 is 1.68. The Bertz CT molecular complexity index is 996. The number of imidazole rings is 1. The largest absolute Gasteiger partial charge is 0.230 e. The third kappa shape index (κ3) is 3.59. The molecule has 0 unspecified atom stereocenters. The fourth-order valence-corrected chi connectivity index (χ4v) is 3.28. The molecule has 2 aromatic heterocycles. The van der Waals surface area contributed by atoms with Crippen molar-refractivity contribution < 1.29 is 0 Å². The van der Waals surface area contributed by atoms with Gasteiger partial charge in [0.05, 0.1) is 6.21 Å². The second-order valence-electron chi connectivity index (χ2n) is 5.37. The van der Waals surface area contributed by atoms with Gasteiger partial charge in [0.25, 0.3) is 0 Å². The molecule has 0 aliphatic heterocycles. The van der Waals surface area contributed by atoms with Gasteiger partial charge in [-0.25, -0.2) is 19.6 Å². The summed E-state index contributed by atoms with van der Waals surface area (Å²) in [6, 6.07) is 20.2. The molecule has 0 radical (unpaired) electrons. The molecule has 4 aromatic rings. The van der Waals surface area contributed by atoms with Crippen LogP contribution in [0.5, 0.6) is 0 Å². The molecule has 25 heavy (non-hydrogen) atoms. The van der Waals surface area contributed by atoms with E-state index < -0.39 is 0 Å². The molecule has 5 nitrogen and oxygen atoms in total. The fourth-order valence-electron chi connectivity index (χ4n) is 2.39. The third-order valence-electron chi connectivity index (χ3n) is 3.63. The molecular weight excluding hydrogens is 330 g/mol. The predicted octanol–water partition coefficient (Wildman–Crippen LogP) is 4.00. The third-order valence-corrected chi connectivity index (χ3v) is 4.68. The highest BCUT2D eigenvalue weighted by Gasteiger charge is 2.10. The summed E-state index contributed by atoms with van der Waals surface area (Å²) in [7, 11) is 0. The lowest BCUT2D eigenvalue weighted by Crippen LogP contribution is -1.93. The van der Waals surface area contributed by atoms with Crippen molar-refractivity contribution in [3.8, 4) is 0 Å². The second-order valence-corrected chi connectivity index (χ2v) is 6.33. The van der Waals surface area contributed by atoms with Crippen LogP contribution in [0, 0.1) is 0 Å². The summed E-state index contributed by atoms with van der Waals surface area (Å²) in [5.74, 6) is 0.840. The maximum atomic E-state index is 4.45. The van der Waals surface area contributed by atoms with Crippen LogP contribution in [0.4, 0.5) is 0 Å². The number of aromatic nitrogens is 4. The monoisotopic (exact) mass is 345 g/mol. The lowest BCUT2D eigenvalue weighted by Gasteiger charge is -2.02. The lowest BCUT2D eigenvalue weighted by molar-refractivity contribution is 0.895.